The van der Waals surface area contributed by atoms with Crippen LogP contribution in [0.3, 0.4) is 0 Å². The van der Waals surface area contributed by atoms with E-state index in [1.54, 1.807) is 0 Å². The second-order valence-electron chi connectivity index (χ2n) is 3.68. The second kappa shape index (κ2) is 8.17. The van der Waals surface area contributed by atoms with Crippen LogP contribution >= 0.6 is 11.6 Å². The van der Waals surface area contributed by atoms with Crippen LogP contribution in [0.4, 0.5) is 0 Å². The molecular formula is C13H17ClO2. The van der Waals surface area contributed by atoms with Crippen LogP contribution in [-0.4, -0.2) is 11.8 Å². The van der Waals surface area contributed by atoms with Gasteiger partial charge in [-0.1, -0.05) is 31.0 Å². The highest BCUT2D eigenvalue weighted by molar-refractivity contribution is 6.63. The van der Waals surface area contributed by atoms with E-state index in [1.807, 2.05) is 30.3 Å². The maximum Gasteiger partial charge on any atom is 0.221 e. The first-order chi connectivity index (χ1) is 7.79. The van der Waals surface area contributed by atoms with Gasteiger partial charge in [0.05, 0.1) is 6.61 Å². The minimum absolute atomic E-state index is 0.236. The molecule has 1 aromatic carbocycles. The molecule has 0 spiro atoms. The van der Waals surface area contributed by atoms with Crippen molar-refractivity contribution >= 4 is 16.8 Å². The second-order valence-corrected chi connectivity index (χ2v) is 4.10. The summed E-state index contributed by atoms with van der Waals surface area (Å²) in [4.78, 5) is 10.5. The molecule has 1 aromatic rings. The Morgan fingerprint density at radius 3 is 2.44 bits per heavy atom. The number of benzene rings is 1. The van der Waals surface area contributed by atoms with E-state index in [0.29, 0.717) is 6.42 Å². The molecule has 0 aliphatic rings. The highest BCUT2D eigenvalue weighted by Crippen LogP contribution is 2.10. The van der Waals surface area contributed by atoms with Gasteiger partial charge >= 0.3 is 0 Å². The molecule has 0 N–H and O–H groups in total. The molecule has 0 saturated heterocycles. The van der Waals surface area contributed by atoms with Crippen LogP contribution in [0.1, 0.15) is 32.1 Å². The minimum Gasteiger partial charge on any atom is -0.494 e. The highest BCUT2D eigenvalue weighted by atomic mass is 35.5. The molecule has 0 amide bonds. The van der Waals surface area contributed by atoms with E-state index in [0.717, 1.165) is 38.0 Å². The normalized spacial score (nSPS) is 10.1. The molecule has 0 atom stereocenters. The van der Waals surface area contributed by atoms with Gasteiger partial charge in [-0.3, -0.25) is 4.79 Å². The number of hydrogen-bond acceptors (Lipinski definition) is 2. The first-order valence-electron chi connectivity index (χ1n) is 5.65. The van der Waals surface area contributed by atoms with Crippen molar-refractivity contribution in [3.8, 4) is 5.75 Å². The largest absolute Gasteiger partial charge is 0.494 e. The molecule has 88 valence electrons. The number of halogens is 1. The van der Waals surface area contributed by atoms with E-state index >= 15 is 0 Å². The predicted molar refractivity (Wildman–Crippen MR) is 65.9 cm³/mol. The number of hydrogen-bond donors (Lipinski definition) is 0. The number of unbranched alkanes of at least 4 members (excludes halogenated alkanes) is 3. The van der Waals surface area contributed by atoms with Crippen molar-refractivity contribution < 1.29 is 9.53 Å². The smallest absolute Gasteiger partial charge is 0.221 e. The summed E-state index contributed by atoms with van der Waals surface area (Å²) >= 11 is 5.23. The topological polar surface area (TPSA) is 26.3 Å². The van der Waals surface area contributed by atoms with E-state index in [-0.39, 0.29) is 5.24 Å². The standard InChI is InChI=1S/C13H17ClO2/c14-13(15)10-6-1-2-7-11-16-12-8-4-3-5-9-12/h3-5,8-9H,1-2,6-7,10-11H2. The lowest BCUT2D eigenvalue weighted by Crippen LogP contribution is -1.97. The third kappa shape index (κ3) is 6.46. The van der Waals surface area contributed by atoms with E-state index in [4.69, 9.17) is 16.3 Å². The van der Waals surface area contributed by atoms with Crippen LogP contribution in [0.25, 0.3) is 0 Å². The molecule has 3 heteroatoms. The summed E-state index contributed by atoms with van der Waals surface area (Å²) < 4.78 is 5.54. The fourth-order valence-electron chi connectivity index (χ4n) is 1.43. The lowest BCUT2D eigenvalue weighted by atomic mass is 10.2. The molecule has 0 bridgehead atoms. The maximum atomic E-state index is 10.5. The number of carbonyl (C=O) groups is 1. The van der Waals surface area contributed by atoms with Crippen molar-refractivity contribution in [3.05, 3.63) is 30.3 Å². The van der Waals surface area contributed by atoms with Crippen LogP contribution in [-0.2, 0) is 4.79 Å². The molecule has 0 unspecified atom stereocenters. The number of ether oxygens (including phenoxy) is 1. The van der Waals surface area contributed by atoms with E-state index in [1.165, 1.54) is 0 Å². The molecule has 0 fully saturated rings. The zero-order valence-corrected chi connectivity index (χ0v) is 10.1. The first-order valence-corrected chi connectivity index (χ1v) is 6.03. The van der Waals surface area contributed by atoms with Crippen LogP contribution in [0, 0.1) is 0 Å². The Bertz CT molecular complexity index is 298. The lowest BCUT2D eigenvalue weighted by Gasteiger charge is -2.05. The summed E-state index contributed by atoms with van der Waals surface area (Å²) in [7, 11) is 0. The van der Waals surface area contributed by atoms with Gasteiger partial charge in [0.15, 0.2) is 0 Å². The molecule has 0 aromatic heterocycles. The third-order valence-corrected chi connectivity index (χ3v) is 2.47. The summed E-state index contributed by atoms with van der Waals surface area (Å²) in [5.41, 5.74) is 0. The van der Waals surface area contributed by atoms with Crippen LogP contribution in [0.15, 0.2) is 30.3 Å². The van der Waals surface area contributed by atoms with Crippen molar-refractivity contribution in [3.63, 3.8) is 0 Å². The lowest BCUT2D eigenvalue weighted by molar-refractivity contribution is -0.111. The molecule has 0 aliphatic carbocycles. The van der Waals surface area contributed by atoms with Crippen molar-refractivity contribution in [2.75, 3.05) is 6.61 Å². The summed E-state index contributed by atoms with van der Waals surface area (Å²) in [5, 5.41) is -0.236. The Balaban J connectivity index is 1.94. The van der Waals surface area contributed by atoms with Gasteiger partial charge in [0.25, 0.3) is 0 Å². The van der Waals surface area contributed by atoms with Crippen LogP contribution < -0.4 is 4.74 Å². The number of para-hydroxylation sites is 1. The van der Waals surface area contributed by atoms with E-state index in [2.05, 4.69) is 0 Å². The minimum atomic E-state index is -0.236. The molecule has 0 radical (unpaired) electrons. The Hall–Kier alpha value is -1.02. The number of rotatable bonds is 8. The van der Waals surface area contributed by atoms with Crippen molar-refractivity contribution in [1.82, 2.24) is 0 Å². The Morgan fingerprint density at radius 1 is 1.06 bits per heavy atom. The van der Waals surface area contributed by atoms with Crippen LogP contribution in [0.5, 0.6) is 5.75 Å². The highest BCUT2D eigenvalue weighted by Gasteiger charge is 1.96. The predicted octanol–water partition coefficient (Wildman–Crippen LogP) is 3.78. The van der Waals surface area contributed by atoms with Crippen molar-refractivity contribution in [1.29, 1.82) is 0 Å². The fraction of sp³-hybridized carbons (Fsp3) is 0.462. The first kappa shape index (κ1) is 13.0. The average molecular weight is 241 g/mol. The molecule has 2 nitrogen and oxygen atoms in total. The Kier molecular flexibility index (Phi) is 6.66. The summed E-state index contributed by atoms with van der Waals surface area (Å²) in [6.45, 7) is 0.735. The fourth-order valence-corrected chi connectivity index (χ4v) is 1.56. The van der Waals surface area contributed by atoms with E-state index < -0.39 is 0 Å². The molecule has 0 saturated carbocycles. The molecular weight excluding hydrogens is 224 g/mol. The maximum absolute atomic E-state index is 10.5. The summed E-state index contributed by atoms with van der Waals surface area (Å²) in [6.07, 6.45) is 4.51. The molecule has 0 heterocycles. The van der Waals surface area contributed by atoms with Gasteiger partial charge in [-0.15, -0.1) is 0 Å². The van der Waals surface area contributed by atoms with Gasteiger partial charge in [0, 0.05) is 6.42 Å². The number of carbonyl (C=O) groups excluding carboxylic acids is 1. The monoisotopic (exact) mass is 240 g/mol. The Labute approximate surface area is 102 Å². The molecule has 1 rings (SSSR count). The van der Waals surface area contributed by atoms with Gasteiger partial charge in [0.1, 0.15) is 5.75 Å². The van der Waals surface area contributed by atoms with Gasteiger partial charge in [-0.2, -0.15) is 0 Å². The molecule has 0 aliphatic heterocycles. The van der Waals surface area contributed by atoms with Gasteiger partial charge in [-0.25, -0.2) is 0 Å². The van der Waals surface area contributed by atoms with Crippen molar-refractivity contribution in [2.24, 2.45) is 0 Å². The SMILES string of the molecule is O=C(Cl)CCCCCCOc1ccccc1. The van der Waals surface area contributed by atoms with Gasteiger partial charge < -0.3 is 4.74 Å². The van der Waals surface area contributed by atoms with Crippen LogP contribution in [0.2, 0.25) is 0 Å². The third-order valence-electron chi connectivity index (χ3n) is 2.28. The van der Waals surface area contributed by atoms with E-state index in [9.17, 15) is 4.79 Å². The molecule has 16 heavy (non-hydrogen) atoms. The zero-order chi connectivity index (χ0) is 11.6. The summed E-state index contributed by atoms with van der Waals surface area (Å²) in [6, 6.07) is 9.79. The zero-order valence-electron chi connectivity index (χ0n) is 9.32. The van der Waals surface area contributed by atoms with Crippen molar-refractivity contribution in [2.45, 2.75) is 32.1 Å². The Morgan fingerprint density at radius 2 is 1.75 bits per heavy atom. The quantitative estimate of drug-likeness (QED) is 0.511. The van der Waals surface area contributed by atoms with Gasteiger partial charge in [0.2, 0.25) is 5.24 Å². The van der Waals surface area contributed by atoms with Gasteiger partial charge in [-0.05, 0) is 36.6 Å². The summed E-state index contributed by atoms with van der Waals surface area (Å²) in [5.74, 6) is 0.915. The average Bonchev–Trinajstić information content (AvgIpc) is 2.29.